The van der Waals surface area contributed by atoms with Crippen LogP contribution in [0.15, 0.2) is 34.2 Å². The molecule has 7 nitrogen and oxygen atoms in total. The Balaban J connectivity index is 1.70. The third-order valence-corrected chi connectivity index (χ3v) is 4.79. The molecule has 1 aliphatic rings. The highest BCUT2D eigenvalue weighted by Gasteiger charge is 2.30. The van der Waals surface area contributed by atoms with Crippen LogP contribution in [0.1, 0.15) is 43.1 Å². The summed E-state index contributed by atoms with van der Waals surface area (Å²) in [4.78, 5) is 35.4. The molecule has 1 heterocycles. The lowest BCUT2D eigenvalue weighted by atomic mass is 10.1. The molecule has 1 atom stereocenters. The Labute approximate surface area is 142 Å². The summed E-state index contributed by atoms with van der Waals surface area (Å²) in [6.07, 6.45) is 1.94. The second-order valence-corrected chi connectivity index (χ2v) is 7.10. The number of rotatable bonds is 6. The highest BCUT2D eigenvalue weighted by atomic mass is 32.2. The van der Waals surface area contributed by atoms with Crippen LogP contribution in [0.2, 0.25) is 0 Å². The lowest BCUT2D eigenvalue weighted by molar-refractivity contribution is -0.114. The van der Waals surface area contributed by atoms with Gasteiger partial charge in [0.1, 0.15) is 0 Å². The fourth-order valence-corrected chi connectivity index (χ4v) is 3.40. The number of benzene rings is 1. The van der Waals surface area contributed by atoms with Crippen LogP contribution >= 0.6 is 11.8 Å². The zero-order valence-corrected chi connectivity index (χ0v) is 14.2. The first-order chi connectivity index (χ1) is 11.5. The molecule has 0 saturated heterocycles. The molecular formula is C16H18N4O3S. The molecule has 1 aliphatic carbocycles. The van der Waals surface area contributed by atoms with E-state index in [4.69, 9.17) is 0 Å². The van der Waals surface area contributed by atoms with E-state index in [0.717, 1.165) is 12.8 Å². The second-order valence-electron chi connectivity index (χ2n) is 5.80. The van der Waals surface area contributed by atoms with Crippen molar-refractivity contribution in [3.63, 3.8) is 0 Å². The largest absolute Gasteiger partial charge is 0.344 e. The fourth-order valence-electron chi connectivity index (χ4n) is 2.40. The van der Waals surface area contributed by atoms with E-state index in [9.17, 15) is 14.4 Å². The SMILES string of the molecule is CC(=O)Nc1ccc(C(=O)[C@@H](C)Sc2n[nH]c(=O)n2C2CC2)cc1. The average Bonchev–Trinajstić information content (AvgIpc) is 3.31. The van der Waals surface area contributed by atoms with E-state index in [0.29, 0.717) is 16.4 Å². The molecule has 1 fully saturated rings. The van der Waals surface area contributed by atoms with Crippen LogP contribution in [0, 0.1) is 0 Å². The summed E-state index contributed by atoms with van der Waals surface area (Å²) in [6, 6.07) is 6.96. The Hall–Kier alpha value is -2.35. The van der Waals surface area contributed by atoms with E-state index in [-0.39, 0.29) is 28.7 Å². The molecule has 126 valence electrons. The Bertz CT molecular complexity index is 821. The van der Waals surface area contributed by atoms with Crippen molar-refractivity contribution < 1.29 is 9.59 Å². The summed E-state index contributed by atoms with van der Waals surface area (Å²) in [5.74, 6) is -0.207. The van der Waals surface area contributed by atoms with E-state index in [2.05, 4.69) is 15.5 Å². The summed E-state index contributed by atoms with van der Waals surface area (Å²) in [5, 5.41) is 9.33. The van der Waals surface area contributed by atoms with Gasteiger partial charge in [0.25, 0.3) is 0 Å². The number of carbonyl (C=O) groups excluding carboxylic acids is 2. The third-order valence-electron chi connectivity index (χ3n) is 3.73. The molecule has 1 amide bonds. The molecule has 0 radical (unpaired) electrons. The van der Waals surface area contributed by atoms with Crippen molar-refractivity contribution in [1.29, 1.82) is 0 Å². The third kappa shape index (κ3) is 3.59. The predicted molar refractivity (Wildman–Crippen MR) is 91.5 cm³/mol. The van der Waals surface area contributed by atoms with E-state index in [1.165, 1.54) is 18.7 Å². The Morgan fingerprint density at radius 3 is 2.58 bits per heavy atom. The topological polar surface area (TPSA) is 96.8 Å². The summed E-state index contributed by atoms with van der Waals surface area (Å²) in [7, 11) is 0. The number of nitrogens with one attached hydrogen (secondary N) is 2. The number of Topliss-reactive ketones (excluding diaryl/α,β-unsaturated/α-hetero) is 1. The normalized spacial score (nSPS) is 15.1. The number of aromatic nitrogens is 3. The first kappa shape index (κ1) is 16.5. The van der Waals surface area contributed by atoms with Crippen molar-refractivity contribution in [1.82, 2.24) is 14.8 Å². The Morgan fingerprint density at radius 2 is 2.00 bits per heavy atom. The molecule has 3 rings (SSSR count). The van der Waals surface area contributed by atoms with Gasteiger partial charge in [-0.2, -0.15) is 0 Å². The van der Waals surface area contributed by atoms with Gasteiger partial charge in [-0.3, -0.25) is 14.2 Å². The highest BCUT2D eigenvalue weighted by Crippen LogP contribution is 2.37. The van der Waals surface area contributed by atoms with Gasteiger partial charge in [0.05, 0.1) is 5.25 Å². The number of anilines is 1. The van der Waals surface area contributed by atoms with E-state index in [1.807, 2.05) is 0 Å². The summed E-state index contributed by atoms with van der Waals surface area (Å²) < 4.78 is 1.63. The monoisotopic (exact) mass is 346 g/mol. The van der Waals surface area contributed by atoms with Gasteiger partial charge in [-0.1, -0.05) is 11.8 Å². The minimum absolute atomic E-state index is 0.0489. The number of thioether (sulfide) groups is 1. The van der Waals surface area contributed by atoms with Crippen LogP contribution in [0.4, 0.5) is 5.69 Å². The number of aromatic amines is 1. The molecule has 1 aromatic heterocycles. The van der Waals surface area contributed by atoms with Gasteiger partial charge in [0.2, 0.25) is 5.91 Å². The van der Waals surface area contributed by atoms with Crippen LogP contribution in [0.3, 0.4) is 0 Å². The van der Waals surface area contributed by atoms with Crippen LogP contribution in [0.25, 0.3) is 0 Å². The minimum atomic E-state index is -0.371. The predicted octanol–water partition coefficient (Wildman–Crippen LogP) is 2.23. The fraction of sp³-hybridized carbons (Fsp3) is 0.375. The van der Waals surface area contributed by atoms with Gasteiger partial charge in [-0.25, -0.2) is 9.89 Å². The number of ketones is 1. The molecule has 2 aromatic rings. The van der Waals surface area contributed by atoms with Crippen LogP contribution in [0.5, 0.6) is 0 Å². The lowest BCUT2D eigenvalue weighted by Gasteiger charge is -2.11. The molecule has 2 N–H and O–H groups in total. The lowest BCUT2D eigenvalue weighted by Crippen LogP contribution is -2.18. The number of H-pyrrole nitrogens is 1. The highest BCUT2D eigenvalue weighted by molar-refractivity contribution is 8.00. The molecule has 1 aromatic carbocycles. The summed E-state index contributed by atoms with van der Waals surface area (Å²) in [5.41, 5.74) is 0.980. The molecule has 24 heavy (non-hydrogen) atoms. The molecule has 0 unspecified atom stereocenters. The zero-order chi connectivity index (χ0) is 17.3. The van der Waals surface area contributed by atoms with Crippen molar-refractivity contribution in [2.45, 2.75) is 43.1 Å². The quantitative estimate of drug-likeness (QED) is 0.617. The first-order valence-corrected chi connectivity index (χ1v) is 8.59. The number of carbonyl (C=O) groups is 2. The van der Waals surface area contributed by atoms with Crippen molar-refractivity contribution >= 4 is 29.1 Å². The second kappa shape index (κ2) is 6.64. The van der Waals surface area contributed by atoms with Crippen LogP contribution in [-0.4, -0.2) is 31.7 Å². The van der Waals surface area contributed by atoms with E-state index in [1.54, 1.807) is 35.8 Å². The van der Waals surface area contributed by atoms with E-state index >= 15 is 0 Å². The van der Waals surface area contributed by atoms with Gasteiger partial charge in [0, 0.05) is 24.2 Å². The van der Waals surface area contributed by atoms with Crippen molar-refractivity contribution in [2.75, 3.05) is 5.32 Å². The smallest absolute Gasteiger partial charge is 0.326 e. The minimum Gasteiger partial charge on any atom is -0.326 e. The van der Waals surface area contributed by atoms with Crippen molar-refractivity contribution in [3.05, 3.63) is 40.3 Å². The maximum atomic E-state index is 12.6. The standard InChI is InChI=1S/C16H18N4O3S/c1-9(24-16-19-18-15(23)20(16)13-7-8-13)14(22)11-3-5-12(6-4-11)17-10(2)21/h3-6,9,13H,7-8H2,1-2H3,(H,17,21)(H,18,23)/t9-/m1/s1. The maximum absolute atomic E-state index is 12.6. The van der Waals surface area contributed by atoms with E-state index < -0.39 is 0 Å². The average molecular weight is 346 g/mol. The van der Waals surface area contributed by atoms with Crippen molar-refractivity contribution in [2.24, 2.45) is 0 Å². The first-order valence-electron chi connectivity index (χ1n) is 7.71. The zero-order valence-electron chi connectivity index (χ0n) is 13.4. The molecule has 0 aliphatic heterocycles. The summed E-state index contributed by atoms with van der Waals surface area (Å²) >= 11 is 1.28. The molecule has 0 spiro atoms. The number of hydrogen-bond donors (Lipinski definition) is 2. The van der Waals surface area contributed by atoms with Gasteiger partial charge in [-0.15, -0.1) is 5.10 Å². The molecule has 1 saturated carbocycles. The molecule has 0 bridgehead atoms. The van der Waals surface area contributed by atoms with Crippen LogP contribution < -0.4 is 11.0 Å². The Kier molecular flexibility index (Phi) is 4.57. The maximum Gasteiger partial charge on any atom is 0.344 e. The molecule has 8 heteroatoms. The van der Waals surface area contributed by atoms with Crippen molar-refractivity contribution in [3.8, 4) is 0 Å². The number of amides is 1. The van der Waals surface area contributed by atoms with Gasteiger partial charge < -0.3 is 5.32 Å². The number of nitrogens with zero attached hydrogens (tertiary/aromatic N) is 2. The number of hydrogen-bond acceptors (Lipinski definition) is 5. The van der Waals surface area contributed by atoms with Gasteiger partial charge in [-0.05, 0) is 44.0 Å². The molecular weight excluding hydrogens is 328 g/mol. The summed E-state index contributed by atoms with van der Waals surface area (Å²) in [6.45, 7) is 3.23. The Morgan fingerprint density at radius 1 is 1.33 bits per heavy atom. The van der Waals surface area contributed by atoms with Gasteiger partial charge in [0.15, 0.2) is 10.9 Å². The van der Waals surface area contributed by atoms with Gasteiger partial charge >= 0.3 is 5.69 Å². The van der Waals surface area contributed by atoms with Crippen LogP contribution in [-0.2, 0) is 4.79 Å².